The van der Waals surface area contributed by atoms with Gasteiger partial charge in [-0.15, -0.1) is 0 Å². The van der Waals surface area contributed by atoms with Crippen molar-refractivity contribution in [3.63, 3.8) is 0 Å². The van der Waals surface area contributed by atoms with Crippen molar-refractivity contribution in [2.45, 2.75) is 25.9 Å². The average Bonchev–Trinajstić information content (AvgIpc) is 3.02. The quantitative estimate of drug-likeness (QED) is 0.837. The van der Waals surface area contributed by atoms with Gasteiger partial charge in [-0.25, -0.2) is 0 Å². The minimum atomic E-state index is 0.783. The summed E-state index contributed by atoms with van der Waals surface area (Å²) < 4.78 is 2.04. The second-order valence-corrected chi connectivity index (χ2v) is 5.32. The molecule has 4 heteroatoms. The Morgan fingerprint density at radius 3 is 3.06 bits per heavy atom. The van der Waals surface area contributed by atoms with Gasteiger partial charge in [0.05, 0.1) is 6.54 Å². The molecule has 3 unspecified atom stereocenters. The van der Waals surface area contributed by atoms with Gasteiger partial charge in [-0.1, -0.05) is 6.92 Å². The van der Waals surface area contributed by atoms with Crippen LogP contribution in [-0.4, -0.2) is 46.9 Å². The maximum atomic E-state index is 4.28. The number of hydrogen-bond donors (Lipinski definition) is 1. The van der Waals surface area contributed by atoms with Crippen molar-refractivity contribution < 1.29 is 0 Å². The van der Waals surface area contributed by atoms with Gasteiger partial charge < -0.3 is 5.32 Å². The number of nitrogens with one attached hydrogen (secondary N) is 1. The summed E-state index contributed by atoms with van der Waals surface area (Å²) in [4.78, 5) is 2.68. The van der Waals surface area contributed by atoms with Crippen molar-refractivity contribution in [1.82, 2.24) is 20.0 Å². The largest absolute Gasteiger partial charge is 0.316 e. The molecule has 1 N–H and O–H groups in total. The molecule has 0 spiro atoms. The monoisotopic (exact) mass is 234 g/mol. The Balaban J connectivity index is 1.59. The SMILES string of the molecule is CCC1C2CNCC2CN1CCn1cccn1. The predicted molar refractivity (Wildman–Crippen MR) is 67.7 cm³/mol. The van der Waals surface area contributed by atoms with E-state index in [1.165, 1.54) is 26.1 Å². The molecule has 3 heterocycles. The number of fused-ring (bicyclic) bond motifs is 1. The Morgan fingerprint density at radius 1 is 1.35 bits per heavy atom. The van der Waals surface area contributed by atoms with E-state index in [0.717, 1.165) is 31.0 Å². The lowest BCUT2D eigenvalue weighted by Gasteiger charge is -2.26. The zero-order chi connectivity index (χ0) is 11.7. The van der Waals surface area contributed by atoms with Crippen LogP contribution in [0.1, 0.15) is 13.3 Å². The zero-order valence-electron chi connectivity index (χ0n) is 10.5. The first-order valence-electron chi connectivity index (χ1n) is 6.80. The summed E-state index contributed by atoms with van der Waals surface area (Å²) >= 11 is 0. The highest BCUT2D eigenvalue weighted by Crippen LogP contribution is 2.33. The van der Waals surface area contributed by atoms with Crippen LogP contribution in [-0.2, 0) is 6.54 Å². The van der Waals surface area contributed by atoms with Gasteiger partial charge in [0, 0.05) is 31.5 Å². The topological polar surface area (TPSA) is 33.1 Å². The molecular weight excluding hydrogens is 212 g/mol. The smallest absolute Gasteiger partial charge is 0.0536 e. The molecule has 1 aromatic rings. The van der Waals surface area contributed by atoms with Crippen LogP contribution in [0.4, 0.5) is 0 Å². The highest BCUT2D eigenvalue weighted by atomic mass is 15.3. The molecule has 2 aliphatic heterocycles. The first kappa shape index (κ1) is 11.2. The van der Waals surface area contributed by atoms with Gasteiger partial charge in [0.2, 0.25) is 0 Å². The molecule has 0 amide bonds. The summed E-state index contributed by atoms with van der Waals surface area (Å²) in [6, 6.07) is 2.78. The minimum Gasteiger partial charge on any atom is -0.316 e. The third-order valence-corrected chi connectivity index (χ3v) is 4.42. The third-order valence-electron chi connectivity index (χ3n) is 4.42. The van der Waals surface area contributed by atoms with Crippen molar-refractivity contribution in [2.75, 3.05) is 26.2 Å². The van der Waals surface area contributed by atoms with Crippen molar-refractivity contribution in [3.05, 3.63) is 18.5 Å². The van der Waals surface area contributed by atoms with Crippen LogP contribution >= 0.6 is 0 Å². The molecule has 94 valence electrons. The molecule has 2 fully saturated rings. The molecule has 0 radical (unpaired) electrons. The molecule has 0 aromatic carbocycles. The zero-order valence-corrected chi connectivity index (χ0v) is 10.5. The van der Waals surface area contributed by atoms with E-state index in [2.05, 4.69) is 28.4 Å². The summed E-state index contributed by atoms with van der Waals surface area (Å²) in [5, 5.41) is 7.81. The Labute approximate surface area is 103 Å². The van der Waals surface area contributed by atoms with Crippen molar-refractivity contribution >= 4 is 0 Å². The van der Waals surface area contributed by atoms with Gasteiger partial charge in [0.25, 0.3) is 0 Å². The van der Waals surface area contributed by atoms with Gasteiger partial charge in [0.1, 0.15) is 0 Å². The van der Waals surface area contributed by atoms with Crippen molar-refractivity contribution in [3.8, 4) is 0 Å². The van der Waals surface area contributed by atoms with Crippen LogP contribution in [0.3, 0.4) is 0 Å². The van der Waals surface area contributed by atoms with Crippen LogP contribution in [0.15, 0.2) is 18.5 Å². The van der Waals surface area contributed by atoms with Crippen LogP contribution < -0.4 is 5.32 Å². The molecule has 0 bridgehead atoms. The Bertz CT molecular complexity index is 348. The van der Waals surface area contributed by atoms with E-state index in [1.807, 2.05) is 16.9 Å². The average molecular weight is 234 g/mol. The summed E-state index contributed by atoms with van der Waals surface area (Å²) in [6.45, 7) is 8.22. The second-order valence-electron chi connectivity index (χ2n) is 5.32. The number of rotatable bonds is 4. The van der Waals surface area contributed by atoms with E-state index in [1.54, 1.807) is 0 Å². The maximum absolute atomic E-state index is 4.28. The number of aromatic nitrogens is 2. The van der Waals surface area contributed by atoms with Crippen LogP contribution in [0.25, 0.3) is 0 Å². The van der Waals surface area contributed by atoms with E-state index in [-0.39, 0.29) is 0 Å². The van der Waals surface area contributed by atoms with E-state index < -0.39 is 0 Å². The fourth-order valence-electron chi connectivity index (χ4n) is 3.59. The fourth-order valence-corrected chi connectivity index (χ4v) is 3.59. The normalized spacial score (nSPS) is 33.1. The van der Waals surface area contributed by atoms with Crippen molar-refractivity contribution in [1.29, 1.82) is 0 Å². The van der Waals surface area contributed by atoms with E-state index in [0.29, 0.717) is 0 Å². The second kappa shape index (κ2) is 4.78. The lowest BCUT2D eigenvalue weighted by atomic mass is 9.93. The first-order valence-corrected chi connectivity index (χ1v) is 6.80. The fraction of sp³-hybridized carbons (Fsp3) is 0.769. The first-order chi connectivity index (χ1) is 8.38. The molecule has 2 aliphatic rings. The highest BCUT2D eigenvalue weighted by molar-refractivity contribution is 4.97. The van der Waals surface area contributed by atoms with E-state index >= 15 is 0 Å². The minimum absolute atomic E-state index is 0.783. The highest BCUT2D eigenvalue weighted by Gasteiger charge is 2.42. The molecule has 1 aromatic heterocycles. The summed E-state index contributed by atoms with van der Waals surface area (Å²) in [6.07, 6.45) is 5.20. The summed E-state index contributed by atoms with van der Waals surface area (Å²) in [5.41, 5.74) is 0. The molecule has 0 saturated carbocycles. The molecular formula is C13H22N4. The lowest BCUT2D eigenvalue weighted by Crippen LogP contribution is -2.37. The van der Waals surface area contributed by atoms with Gasteiger partial charge >= 0.3 is 0 Å². The van der Waals surface area contributed by atoms with E-state index in [4.69, 9.17) is 0 Å². The van der Waals surface area contributed by atoms with Crippen molar-refractivity contribution in [2.24, 2.45) is 11.8 Å². The van der Waals surface area contributed by atoms with Gasteiger partial charge in [-0.05, 0) is 37.4 Å². The standard InChI is InChI=1S/C13H22N4/c1-2-13-12-9-14-8-11(12)10-16(13)6-7-17-5-3-4-15-17/h3-5,11-14H,2,6-10H2,1H3. The Hall–Kier alpha value is -0.870. The van der Waals surface area contributed by atoms with Crippen LogP contribution in [0.2, 0.25) is 0 Å². The Morgan fingerprint density at radius 2 is 2.29 bits per heavy atom. The van der Waals surface area contributed by atoms with Crippen LogP contribution in [0.5, 0.6) is 0 Å². The summed E-state index contributed by atoms with van der Waals surface area (Å²) in [7, 11) is 0. The van der Waals surface area contributed by atoms with Crippen LogP contribution in [0, 0.1) is 11.8 Å². The number of nitrogens with zero attached hydrogens (tertiary/aromatic N) is 3. The van der Waals surface area contributed by atoms with E-state index in [9.17, 15) is 0 Å². The summed E-state index contributed by atoms with van der Waals surface area (Å²) in [5.74, 6) is 1.77. The van der Waals surface area contributed by atoms with Gasteiger partial charge in [-0.3, -0.25) is 9.58 Å². The molecule has 3 atom stereocenters. The molecule has 4 nitrogen and oxygen atoms in total. The molecule has 2 saturated heterocycles. The third kappa shape index (κ3) is 2.11. The molecule has 3 rings (SSSR count). The van der Waals surface area contributed by atoms with Gasteiger partial charge in [0.15, 0.2) is 0 Å². The maximum Gasteiger partial charge on any atom is 0.0536 e. The lowest BCUT2D eigenvalue weighted by molar-refractivity contribution is 0.208. The number of hydrogen-bond acceptors (Lipinski definition) is 3. The predicted octanol–water partition coefficient (Wildman–Crippen LogP) is 0.813. The molecule has 0 aliphatic carbocycles. The molecule has 17 heavy (non-hydrogen) atoms. The van der Waals surface area contributed by atoms with Gasteiger partial charge in [-0.2, -0.15) is 5.10 Å². The number of likely N-dealkylation sites (tertiary alicyclic amines) is 1. The Kier molecular flexibility index (Phi) is 3.16.